The number of anilines is 1. The topological polar surface area (TPSA) is 15.3 Å². The lowest BCUT2D eigenvalue weighted by Crippen LogP contribution is -2.18. The van der Waals surface area contributed by atoms with Gasteiger partial charge >= 0.3 is 0 Å². The summed E-state index contributed by atoms with van der Waals surface area (Å²) in [4.78, 5) is 2.37. The van der Waals surface area contributed by atoms with Gasteiger partial charge in [0.1, 0.15) is 0 Å². The number of fused-ring (bicyclic) bond motifs is 2. The van der Waals surface area contributed by atoms with Crippen molar-refractivity contribution in [3.63, 3.8) is 0 Å². The van der Waals surface area contributed by atoms with Gasteiger partial charge in [0.05, 0.1) is 0 Å². The number of hydrogen-bond acceptors (Lipinski definition) is 2. The van der Waals surface area contributed by atoms with Crippen molar-refractivity contribution in [3.05, 3.63) is 59.3 Å². The smallest absolute Gasteiger partial charge is 0.0440 e. The molecule has 2 aliphatic carbocycles. The van der Waals surface area contributed by atoms with Gasteiger partial charge in [-0.05, 0) is 42.0 Å². The Kier molecular flexibility index (Phi) is 2.91. The number of nitrogens with zero attached hydrogens (tertiary/aromatic N) is 1. The van der Waals surface area contributed by atoms with Gasteiger partial charge in [-0.3, -0.25) is 0 Å². The molecular weight excluding hydrogens is 256 g/mol. The largest absolute Gasteiger partial charge is 0.383 e. The van der Waals surface area contributed by atoms with Gasteiger partial charge in [-0.15, -0.1) is 0 Å². The fourth-order valence-corrected chi connectivity index (χ4v) is 3.37. The van der Waals surface area contributed by atoms with Crippen molar-refractivity contribution < 1.29 is 0 Å². The number of rotatable bonds is 3. The van der Waals surface area contributed by atoms with Crippen molar-refractivity contribution in [1.29, 1.82) is 0 Å². The summed E-state index contributed by atoms with van der Waals surface area (Å²) >= 11 is 0. The van der Waals surface area contributed by atoms with Crippen molar-refractivity contribution in [2.24, 2.45) is 0 Å². The van der Waals surface area contributed by atoms with Gasteiger partial charge in [0.25, 0.3) is 0 Å². The Morgan fingerprint density at radius 1 is 1.29 bits per heavy atom. The fraction of sp³-hybridized carbons (Fsp3) is 0.368. The highest BCUT2D eigenvalue weighted by atomic mass is 15.1. The molecule has 1 N–H and O–H groups in total. The van der Waals surface area contributed by atoms with Crippen molar-refractivity contribution in [2.45, 2.75) is 31.7 Å². The minimum Gasteiger partial charge on any atom is -0.383 e. The lowest BCUT2D eigenvalue weighted by atomic mass is 9.98. The number of nitrogens with one attached hydrogen (secondary N) is 1. The normalized spacial score (nSPS) is 20.6. The van der Waals surface area contributed by atoms with Crippen LogP contribution in [-0.2, 0) is 0 Å². The van der Waals surface area contributed by atoms with E-state index in [9.17, 15) is 0 Å². The van der Waals surface area contributed by atoms with Gasteiger partial charge in [0.15, 0.2) is 0 Å². The van der Waals surface area contributed by atoms with Crippen LogP contribution in [0.25, 0.3) is 5.57 Å². The Morgan fingerprint density at radius 2 is 2.10 bits per heavy atom. The maximum absolute atomic E-state index is 4.25. The molecule has 0 unspecified atom stereocenters. The average Bonchev–Trinajstić information content (AvgIpc) is 3.22. The Morgan fingerprint density at radius 3 is 2.90 bits per heavy atom. The van der Waals surface area contributed by atoms with Crippen LogP contribution in [0.4, 0.5) is 5.69 Å². The predicted octanol–water partition coefficient (Wildman–Crippen LogP) is 3.88. The zero-order valence-electron chi connectivity index (χ0n) is 12.7. The molecule has 0 atom stereocenters. The molecule has 108 valence electrons. The zero-order valence-corrected chi connectivity index (χ0v) is 12.7. The van der Waals surface area contributed by atoms with E-state index in [1.807, 2.05) is 0 Å². The number of benzene rings is 1. The Labute approximate surface area is 126 Å². The molecule has 0 bridgehead atoms. The van der Waals surface area contributed by atoms with E-state index in [0.717, 1.165) is 25.1 Å². The van der Waals surface area contributed by atoms with Gasteiger partial charge in [0, 0.05) is 43.0 Å². The zero-order chi connectivity index (χ0) is 14.4. The fourth-order valence-electron chi connectivity index (χ4n) is 3.37. The van der Waals surface area contributed by atoms with Gasteiger partial charge in [-0.2, -0.15) is 0 Å². The highest BCUT2D eigenvalue weighted by Crippen LogP contribution is 2.42. The van der Waals surface area contributed by atoms with Crippen LogP contribution in [0.1, 0.15) is 31.2 Å². The number of allylic oxidation sites excluding steroid dienone is 3. The summed E-state index contributed by atoms with van der Waals surface area (Å²) in [6.45, 7) is 5.34. The molecule has 2 heteroatoms. The molecule has 1 fully saturated rings. The first kappa shape index (κ1) is 12.8. The lowest BCUT2D eigenvalue weighted by Gasteiger charge is -2.20. The molecule has 1 aliphatic heterocycles. The first-order chi connectivity index (χ1) is 10.2. The molecule has 4 rings (SSSR count). The molecule has 2 nitrogen and oxygen atoms in total. The van der Waals surface area contributed by atoms with Gasteiger partial charge < -0.3 is 10.2 Å². The molecular formula is C19H22N2. The van der Waals surface area contributed by atoms with Crippen LogP contribution >= 0.6 is 0 Å². The van der Waals surface area contributed by atoms with E-state index in [1.54, 1.807) is 0 Å². The van der Waals surface area contributed by atoms with Crippen molar-refractivity contribution in [1.82, 2.24) is 5.32 Å². The SMILES string of the molecule is C=C(NC1CC1)C1=CC2=C(C1)c1ccccc1N(C)CC2. The molecule has 3 aliphatic rings. The second-order valence-electron chi connectivity index (χ2n) is 6.44. The maximum Gasteiger partial charge on any atom is 0.0440 e. The first-order valence-electron chi connectivity index (χ1n) is 7.91. The summed E-state index contributed by atoms with van der Waals surface area (Å²) < 4.78 is 0. The molecule has 0 aromatic heterocycles. The van der Waals surface area contributed by atoms with Gasteiger partial charge in [-0.25, -0.2) is 0 Å². The molecule has 1 heterocycles. The highest BCUT2D eigenvalue weighted by molar-refractivity contribution is 5.85. The lowest BCUT2D eigenvalue weighted by molar-refractivity contribution is 0.812. The summed E-state index contributed by atoms with van der Waals surface area (Å²) in [5.74, 6) is 0. The molecule has 1 aromatic carbocycles. The summed E-state index contributed by atoms with van der Waals surface area (Å²) in [5.41, 5.74) is 8.28. The summed E-state index contributed by atoms with van der Waals surface area (Å²) in [5, 5.41) is 3.55. The van der Waals surface area contributed by atoms with Crippen LogP contribution in [-0.4, -0.2) is 19.6 Å². The standard InChI is InChI=1S/C19H22N2/c1-13(20-16-7-8-16)15-11-14-9-10-21(2)19-6-4-3-5-17(19)18(14)12-15/h3-6,11,16,20H,1,7-10,12H2,2H3. The molecule has 0 saturated heterocycles. The second kappa shape index (κ2) is 4.80. The monoisotopic (exact) mass is 278 g/mol. The van der Waals surface area contributed by atoms with E-state index in [2.05, 4.69) is 54.2 Å². The molecule has 0 radical (unpaired) electrons. The van der Waals surface area contributed by atoms with Crippen molar-refractivity contribution in [2.75, 3.05) is 18.5 Å². The van der Waals surface area contributed by atoms with E-state index in [-0.39, 0.29) is 0 Å². The van der Waals surface area contributed by atoms with E-state index < -0.39 is 0 Å². The Bertz CT molecular complexity index is 662. The molecule has 0 amide bonds. The molecule has 21 heavy (non-hydrogen) atoms. The van der Waals surface area contributed by atoms with Gasteiger partial charge in [0.2, 0.25) is 0 Å². The Hall–Kier alpha value is -1.96. The molecule has 1 saturated carbocycles. The van der Waals surface area contributed by atoms with Crippen molar-refractivity contribution in [3.8, 4) is 0 Å². The third kappa shape index (κ3) is 2.29. The van der Waals surface area contributed by atoms with Crippen molar-refractivity contribution >= 4 is 11.3 Å². The quantitative estimate of drug-likeness (QED) is 0.902. The average molecular weight is 278 g/mol. The highest BCUT2D eigenvalue weighted by Gasteiger charge is 2.27. The van der Waals surface area contributed by atoms with E-state index in [1.165, 1.54) is 40.8 Å². The molecule has 1 aromatic rings. The first-order valence-corrected chi connectivity index (χ1v) is 7.91. The third-order valence-electron chi connectivity index (χ3n) is 4.80. The van der Waals surface area contributed by atoms with Crippen LogP contribution in [0, 0.1) is 0 Å². The maximum atomic E-state index is 4.25. The van der Waals surface area contributed by atoms with E-state index in [4.69, 9.17) is 0 Å². The van der Waals surface area contributed by atoms with Crippen LogP contribution in [0.15, 0.2) is 53.8 Å². The van der Waals surface area contributed by atoms with E-state index in [0.29, 0.717) is 6.04 Å². The van der Waals surface area contributed by atoms with Crippen LogP contribution in [0.2, 0.25) is 0 Å². The van der Waals surface area contributed by atoms with Crippen LogP contribution < -0.4 is 10.2 Å². The third-order valence-corrected chi connectivity index (χ3v) is 4.80. The summed E-state index contributed by atoms with van der Waals surface area (Å²) in [7, 11) is 2.19. The molecule has 0 spiro atoms. The minimum atomic E-state index is 0.678. The minimum absolute atomic E-state index is 0.678. The summed E-state index contributed by atoms with van der Waals surface area (Å²) in [6.07, 6.45) is 7.13. The predicted molar refractivity (Wildman–Crippen MR) is 89.2 cm³/mol. The van der Waals surface area contributed by atoms with Crippen LogP contribution in [0.5, 0.6) is 0 Å². The second-order valence-corrected chi connectivity index (χ2v) is 6.44. The number of hydrogen-bond donors (Lipinski definition) is 1. The Balaban J connectivity index is 1.64. The van der Waals surface area contributed by atoms with Gasteiger partial charge in [-0.1, -0.05) is 30.9 Å². The summed E-state index contributed by atoms with van der Waals surface area (Å²) in [6, 6.07) is 9.47. The number of para-hydroxylation sites is 1. The van der Waals surface area contributed by atoms with E-state index >= 15 is 0 Å². The van der Waals surface area contributed by atoms with Crippen LogP contribution in [0.3, 0.4) is 0 Å².